The number of ether oxygens (including phenoxy) is 1. The van der Waals surface area contributed by atoms with Crippen LogP contribution in [0.25, 0.3) is 0 Å². The van der Waals surface area contributed by atoms with Gasteiger partial charge >= 0.3 is 0 Å². The van der Waals surface area contributed by atoms with Gasteiger partial charge in [0, 0.05) is 6.54 Å². The zero-order valence-electron chi connectivity index (χ0n) is 13.0. The Balaban J connectivity index is 2.12. The second-order valence-corrected chi connectivity index (χ2v) is 6.14. The van der Waals surface area contributed by atoms with E-state index in [1.165, 1.54) is 12.1 Å². The minimum atomic E-state index is -0.507. The summed E-state index contributed by atoms with van der Waals surface area (Å²) in [7, 11) is 0. The molecule has 0 saturated carbocycles. The van der Waals surface area contributed by atoms with Crippen molar-refractivity contribution in [1.29, 1.82) is 0 Å². The molecule has 0 fully saturated rings. The first-order chi connectivity index (χ1) is 9.80. The molecule has 21 heavy (non-hydrogen) atoms. The van der Waals surface area contributed by atoms with Crippen LogP contribution in [0, 0.1) is 11.2 Å². The predicted molar refractivity (Wildman–Crippen MR) is 81.6 cm³/mol. The van der Waals surface area contributed by atoms with E-state index >= 15 is 0 Å². The Bertz CT molecular complexity index is 441. The van der Waals surface area contributed by atoms with Gasteiger partial charge in [-0.3, -0.25) is 4.79 Å². The summed E-state index contributed by atoms with van der Waals surface area (Å²) in [5, 5.41) is 2.83. The topological polar surface area (TPSA) is 64.4 Å². The number of nitrogens with two attached hydrogens (primary N) is 1. The van der Waals surface area contributed by atoms with Crippen LogP contribution in [0.5, 0.6) is 5.75 Å². The third-order valence-corrected chi connectivity index (χ3v) is 3.17. The Morgan fingerprint density at radius 3 is 2.48 bits per heavy atom. The lowest BCUT2D eigenvalue weighted by atomic mass is 9.87. The van der Waals surface area contributed by atoms with Gasteiger partial charge in [-0.2, -0.15) is 0 Å². The maximum Gasteiger partial charge on any atom is 0.237 e. The summed E-state index contributed by atoms with van der Waals surface area (Å²) in [6, 6.07) is 5.42. The molecule has 118 valence electrons. The molecule has 1 atom stereocenters. The van der Waals surface area contributed by atoms with E-state index in [1.54, 1.807) is 12.1 Å². The molecule has 0 aliphatic heterocycles. The lowest BCUT2D eigenvalue weighted by Crippen LogP contribution is -2.48. The van der Waals surface area contributed by atoms with Crippen LogP contribution in [0.4, 0.5) is 4.39 Å². The number of rotatable bonds is 7. The molecule has 0 unspecified atom stereocenters. The van der Waals surface area contributed by atoms with Crippen LogP contribution in [-0.2, 0) is 4.79 Å². The van der Waals surface area contributed by atoms with E-state index in [-0.39, 0.29) is 17.1 Å². The Morgan fingerprint density at radius 2 is 1.90 bits per heavy atom. The summed E-state index contributed by atoms with van der Waals surface area (Å²) in [5.41, 5.74) is 5.62. The first kappa shape index (κ1) is 17.4. The van der Waals surface area contributed by atoms with E-state index in [2.05, 4.69) is 5.32 Å². The van der Waals surface area contributed by atoms with E-state index < -0.39 is 6.04 Å². The molecule has 0 radical (unpaired) electrons. The maximum atomic E-state index is 12.7. The molecule has 0 aromatic heterocycles. The Kier molecular flexibility index (Phi) is 6.62. The van der Waals surface area contributed by atoms with Gasteiger partial charge in [-0.05, 0) is 42.5 Å². The monoisotopic (exact) mass is 296 g/mol. The van der Waals surface area contributed by atoms with E-state index in [1.807, 2.05) is 20.8 Å². The molecule has 0 saturated heterocycles. The lowest BCUT2D eigenvalue weighted by molar-refractivity contribution is -0.124. The van der Waals surface area contributed by atoms with Crippen molar-refractivity contribution in [3.05, 3.63) is 30.1 Å². The smallest absolute Gasteiger partial charge is 0.237 e. The lowest BCUT2D eigenvalue weighted by Gasteiger charge is -2.25. The number of halogens is 1. The van der Waals surface area contributed by atoms with Gasteiger partial charge in [0.25, 0.3) is 0 Å². The summed E-state index contributed by atoms with van der Waals surface area (Å²) >= 11 is 0. The number of carbonyl (C=O) groups is 1. The molecule has 3 N–H and O–H groups in total. The maximum absolute atomic E-state index is 12.7. The zero-order chi connectivity index (χ0) is 15.9. The van der Waals surface area contributed by atoms with Crippen molar-refractivity contribution in [3.63, 3.8) is 0 Å². The van der Waals surface area contributed by atoms with Crippen molar-refractivity contribution < 1.29 is 13.9 Å². The normalized spacial score (nSPS) is 12.8. The second-order valence-electron chi connectivity index (χ2n) is 6.14. The third kappa shape index (κ3) is 6.58. The van der Waals surface area contributed by atoms with Crippen LogP contribution >= 0.6 is 0 Å². The molecule has 0 heterocycles. The summed E-state index contributed by atoms with van der Waals surface area (Å²) < 4.78 is 18.2. The second kappa shape index (κ2) is 7.98. The molecule has 5 heteroatoms. The van der Waals surface area contributed by atoms with Gasteiger partial charge < -0.3 is 15.8 Å². The van der Waals surface area contributed by atoms with Crippen molar-refractivity contribution in [1.82, 2.24) is 5.32 Å². The average Bonchev–Trinajstić information content (AvgIpc) is 2.42. The summed E-state index contributed by atoms with van der Waals surface area (Å²) in [6.45, 7) is 6.93. The molecule has 1 aromatic rings. The Hall–Kier alpha value is -1.62. The van der Waals surface area contributed by atoms with Crippen LogP contribution in [-0.4, -0.2) is 25.1 Å². The minimum absolute atomic E-state index is 0.123. The number of amides is 1. The highest BCUT2D eigenvalue weighted by Gasteiger charge is 2.26. The van der Waals surface area contributed by atoms with E-state index in [9.17, 15) is 9.18 Å². The van der Waals surface area contributed by atoms with E-state index in [0.717, 1.165) is 12.8 Å². The SMILES string of the molecule is CC(C)(C)[C@H](N)C(=O)NCCCCOc1ccc(F)cc1. The molecule has 1 amide bonds. The summed E-state index contributed by atoms with van der Waals surface area (Å²) in [6.07, 6.45) is 1.62. The third-order valence-electron chi connectivity index (χ3n) is 3.17. The molecule has 1 rings (SSSR count). The van der Waals surface area contributed by atoms with Crippen LogP contribution in [0.1, 0.15) is 33.6 Å². The number of benzene rings is 1. The first-order valence-corrected chi connectivity index (χ1v) is 7.22. The van der Waals surface area contributed by atoms with Crippen molar-refractivity contribution in [2.75, 3.05) is 13.2 Å². The highest BCUT2D eigenvalue weighted by atomic mass is 19.1. The number of hydrogen-bond donors (Lipinski definition) is 2. The quantitative estimate of drug-likeness (QED) is 0.760. The van der Waals surface area contributed by atoms with Crippen molar-refractivity contribution in [2.24, 2.45) is 11.1 Å². The minimum Gasteiger partial charge on any atom is -0.494 e. The molecule has 0 aliphatic rings. The van der Waals surface area contributed by atoms with Gasteiger partial charge in [0.1, 0.15) is 11.6 Å². The molecule has 0 bridgehead atoms. The number of hydrogen-bond acceptors (Lipinski definition) is 3. The molecular formula is C16H25FN2O2. The van der Waals surface area contributed by atoms with Gasteiger partial charge in [0.05, 0.1) is 12.6 Å². The number of nitrogens with one attached hydrogen (secondary N) is 1. The fraction of sp³-hybridized carbons (Fsp3) is 0.562. The zero-order valence-corrected chi connectivity index (χ0v) is 13.0. The van der Waals surface area contributed by atoms with Crippen LogP contribution in [0.3, 0.4) is 0 Å². The largest absolute Gasteiger partial charge is 0.494 e. The number of carbonyl (C=O) groups excluding carboxylic acids is 1. The van der Waals surface area contributed by atoms with Crippen LogP contribution in [0.2, 0.25) is 0 Å². The fourth-order valence-electron chi connectivity index (χ4n) is 1.66. The van der Waals surface area contributed by atoms with Gasteiger partial charge in [-0.1, -0.05) is 20.8 Å². The fourth-order valence-corrected chi connectivity index (χ4v) is 1.66. The standard InChI is InChI=1S/C16H25FN2O2/c1-16(2,3)14(18)15(20)19-10-4-5-11-21-13-8-6-12(17)7-9-13/h6-9,14H,4-5,10-11,18H2,1-3H3,(H,19,20)/t14-/m1/s1. The van der Waals surface area contributed by atoms with Crippen molar-refractivity contribution in [2.45, 2.75) is 39.7 Å². The van der Waals surface area contributed by atoms with Crippen molar-refractivity contribution >= 4 is 5.91 Å². The molecular weight excluding hydrogens is 271 g/mol. The van der Waals surface area contributed by atoms with Gasteiger partial charge in [-0.25, -0.2) is 4.39 Å². The Labute approximate surface area is 125 Å². The summed E-state index contributed by atoms with van der Waals surface area (Å²) in [4.78, 5) is 11.8. The highest BCUT2D eigenvalue weighted by Crippen LogP contribution is 2.17. The Morgan fingerprint density at radius 1 is 1.29 bits per heavy atom. The summed E-state index contributed by atoms with van der Waals surface area (Å²) in [5.74, 6) is 0.248. The molecule has 0 spiro atoms. The van der Waals surface area contributed by atoms with E-state index in [0.29, 0.717) is 18.9 Å². The van der Waals surface area contributed by atoms with Crippen molar-refractivity contribution in [3.8, 4) is 5.75 Å². The van der Waals surface area contributed by atoms with Gasteiger partial charge in [0.15, 0.2) is 0 Å². The van der Waals surface area contributed by atoms with Gasteiger partial charge in [0.2, 0.25) is 5.91 Å². The molecule has 4 nitrogen and oxygen atoms in total. The predicted octanol–water partition coefficient (Wildman–Crippen LogP) is 2.47. The van der Waals surface area contributed by atoms with E-state index in [4.69, 9.17) is 10.5 Å². The number of unbranched alkanes of at least 4 members (excludes halogenated alkanes) is 1. The average molecular weight is 296 g/mol. The highest BCUT2D eigenvalue weighted by molar-refractivity contribution is 5.82. The molecule has 0 aliphatic carbocycles. The van der Waals surface area contributed by atoms with Crippen LogP contribution in [0.15, 0.2) is 24.3 Å². The van der Waals surface area contributed by atoms with Crippen LogP contribution < -0.4 is 15.8 Å². The molecule has 1 aromatic carbocycles. The van der Waals surface area contributed by atoms with Gasteiger partial charge in [-0.15, -0.1) is 0 Å². The first-order valence-electron chi connectivity index (χ1n) is 7.22.